The third-order valence-corrected chi connectivity index (χ3v) is 6.91. The number of carbonyl (C=O) groups excluding carboxylic acids is 3. The molecule has 36 heavy (non-hydrogen) atoms. The lowest BCUT2D eigenvalue weighted by Gasteiger charge is -2.37. The fourth-order valence-corrected chi connectivity index (χ4v) is 4.83. The third kappa shape index (κ3) is 6.69. The lowest BCUT2D eigenvalue weighted by atomic mass is 9.85. The lowest BCUT2D eigenvalue weighted by Crippen LogP contribution is -2.60. The van der Waals surface area contributed by atoms with Crippen molar-refractivity contribution in [1.29, 1.82) is 0 Å². The number of aliphatic hydroxyl groups is 1. The van der Waals surface area contributed by atoms with Crippen LogP contribution < -0.4 is 16.4 Å². The van der Waals surface area contributed by atoms with Gasteiger partial charge in [-0.3, -0.25) is 19.3 Å². The first kappa shape index (κ1) is 27.8. The van der Waals surface area contributed by atoms with E-state index in [1.165, 1.54) is 4.90 Å². The van der Waals surface area contributed by atoms with Gasteiger partial charge in [0.1, 0.15) is 6.04 Å². The zero-order chi connectivity index (χ0) is 26.3. The van der Waals surface area contributed by atoms with Crippen LogP contribution in [-0.4, -0.2) is 65.5 Å². The first-order valence-corrected chi connectivity index (χ1v) is 12.9. The molecule has 1 aliphatic heterocycles. The van der Waals surface area contributed by atoms with Crippen LogP contribution in [0, 0.1) is 5.41 Å². The molecule has 8 nitrogen and oxygen atoms in total. The Labute approximate surface area is 213 Å². The number of hydrogen-bond acceptors (Lipinski definition) is 6. The summed E-state index contributed by atoms with van der Waals surface area (Å²) in [5.74, 6) is -1.21. The zero-order valence-corrected chi connectivity index (χ0v) is 21.6. The van der Waals surface area contributed by atoms with Crippen LogP contribution in [0.3, 0.4) is 0 Å². The first-order chi connectivity index (χ1) is 17.2. The largest absolute Gasteiger partial charge is 0.390 e. The molecule has 0 bridgehead atoms. The van der Waals surface area contributed by atoms with Crippen molar-refractivity contribution < 1.29 is 19.5 Å². The number of imide groups is 1. The fourth-order valence-electron chi connectivity index (χ4n) is 4.83. The van der Waals surface area contributed by atoms with E-state index in [1.807, 2.05) is 63.2 Å². The van der Waals surface area contributed by atoms with E-state index < -0.39 is 29.5 Å². The minimum absolute atomic E-state index is 0.00722. The number of nitrogens with two attached hydrogens (primary N) is 1. The molecule has 0 saturated carbocycles. The summed E-state index contributed by atoms with van der Waals surface area (Å²) in [5, 5.41) is 17.9. The van der Waals surface area contributed by atoms with Crippen LogP contribution in [0.15, 0.2) is 42.5 Å². The minimum Gasteiger partial charge on any atom is -0.390 e. The second kappa shape index (κ2) is 12.4. The van der Waals surface area contributed by atoms with Crippen LogP contribution in [0.5, 0.6) is 0 Å². The van der Waals surface area contributed by atoms with Gasteiger partial charge in [0, 0.05) is 24.9 Å². The second-order valence-corrected chi connectivity index (χ2v) is 10.3. The van der Waals surface area contributed by atoms with Crippen molar-refractivity contribution in [3.8, 4) is 0 Å². The SMILES string of the molecule is CCCC(C)(C)C(=O)N(C(=O)[C@@H]1CCCN1)[C@H](Cc1ccc2ccccc2c1)C(=O)NCC(O)CN. The zero-order valence-electron chi connectivity index (χ0n) is 21.6. The van der Waals surface area contributed by atoms with E-state index >= 15 is 0 Å². The first-order valence-electron chi connectivity index (χ1n) is 12.9. The number of hydrogen-bond donors (Lipinski definition) is 4. The highest BCUT2D eigenvalue weighted by molar-refractivity contribution is 6.04. The Morgan fingerprint density at radius 3 is 2.56 bits per heavy atom. The van der Waals surface area contributed by atoms with E-state index in [4.69, 9.17) is 5.73 Å². The predicted octanol–water partition coefficient (Wildman–Crippen LogP) is 2.12. The van der Waals surface area contributed by atoms with Gasteiger partial charge in [-0.05, 0) is 42.1 Å². The summed E-state index contributed by atoms with van der Waals surface area (Å²) >= 11 is 0. The van der Waals surface area contributed by atoms with Crippen LogP contribution in [-0.2, 0) is 20.8 Å². The molecule has 0 aromatic heterocycles. The molecular weight excluding hydrogens is 456 g/mol. The number of nitrogens with one attached hydrogen (secondary N) is 2. The Kier molecular flexibility index (Phi) is 9.59. The molecule has 3 atom stereocenters. The van der Waals surface area contributed by atoms with Crippen molar-refractivity contribution in [1.82, 2.24) is 15.5 Å². The molecule has 5 N–H and O–H groups in total. The Morgan fingerprint density at radius 2 is 1.92 bits per heavy atom. The topological polar surface area (TPSA) is 125 Å². The van der Waals surface area contributed by atoms with Crippen molar-refractivity contribution in [2.24, 2.45) is 11.1 Å². The second-order valence-electron chi connectivity index (χ2n) is 10.3. The standard InChI is InChI=1S/C28H40N4O4/c1-4-13-28(2,3)27(36)32(26(35)23-10-7-14-30-23)24(25(34)31-18-22(33)17-29)16-19-11-12-20-8-5-6-9-21(20)15-19/h5-6,8-9,11-12,15,22-24,30,33H,4,7,10,13-14,16-18,29H2,1-3H3,(H,31,34)/t22?,23-,24+/m0/s1. The summed E-state index contributed by atoms with van der Waals surface area (Å²) in [6.07, 6.45) is 2.06. The number of amides is 3. The van der Waals surface area contributed by atoms with Gasteiger partial charge in [-0.2, -0.15) is 0 Å². The summed E-state index contributed by atoms with van der Waals surface area (Å²) in [6, 6.07) is 12.2. The third-order valence-electron chi connectivity index (χ3n) is 6.91. The van der Waals surface area contributed by atoms with E-state index in [1.54, 1.807) is 0 Å². The number of rotatable bonds is 11. The maximum atomic E-state index is 13.9. The maximum absolute atomic E-state index is 13.9. The van der Waals surface area contributed by atoms with Crippen molar-refractivity contribution in [2.45, 2.75) is 71.1 Å². The molecule has 1 unspecified atom stereocenters. The van der Waals surface area contributed by atoms with Crippen LogP contribution in [0.25, 0.3) is 10.8 Å². The number of aliphatic hydroxyl groups excluding tert-OH is 1. The molecule has 8 heteroatoms. The van der Waals surface area contributed by atoms with Gasteiger partial charge in [0.2, 0.25) is 17.7 Å². The summed E-state index contributed by atoms with van der Waals surface area (Å²) in [4.78, 5) is 42.4. The molecular formula is C28H40N4O4. The fraction of sp³-hybridized carbons (Fsp3) is 0.536. The molecule has 0 spiro atoms. The molecule has 0 radical (unpaired) electrons. The van der Waals surface area contributed by atoms with Gasteiger partial charge in [0.05, 0.1) is 12.1 Å². The van der Waals surface area contributed by atoms with Crippen molar-refractivity contribution >= 4 is 28.5 Å². The molecule has 3 amide bonds. The van der Waals surface area contributed by atoms with Gasteiger partial charge in [0.15, 0.2) is 0 Å². The molecule has 196 valence electrons. The molecule has 1 saturated heterocycles. The highest BCUT2D eigenvalue weighted by atomic mass is 16.3. The van der Waals surface area contributed by atoms with Crippen LogP contribution in [0.4, 0.5) is 0 Å². The highest BCUT2D eigenvalue weighted by Crippen LogP contribution is 2.29. The van der Waals surface area contributed by atoms with Gasteiger partial charge in [-0.25, -0.2) is 0 Å². The molecule has 2 aromatic rings. The van der Waals surface area contributed by atoms with Crippen molar-refractivity contribution in [3.63, 3.8) is 0 Å². The summed E-state index contributed by atoms with van der Waals surface area (Å²) < 4.78 is 0. The van der Waals surface area contributed by atoms with Crippen molar-refractivity contribution in [3.05, 3.63) is 48.0 Å². The van der Waals surface area contributed by atoms with Gasteiger partial charge in [0.25, 0.3) is 0 Å². The number of nitrogens with zero attached hydrogens (tertiary/aromatic N) is 1. The predicted molar refractivity (Wildman–Crippen MR) is 141 cm³/mol. The average molecular weight is 497 g/mol. The molecule has 2 aromatic carbocycles. The summed E-state index contributed by atoms with van der Waals surface area (Å²) in [6.45, 7) is 6.27. The quantitative estimate of drug-likeness (QED) is 0.378. The van der Waals surface area contributed by atoms with Crippen LogP contribution in [0.1, 0.15) is 52.0 Å². The molecule has 1 fully saturated rings. The average Bonchev–Trinajstić information content (AvgIpc) is 3.41. The van der Waals surface area contributed by atoms with E-state index in [-0.39, 0.29) is 31.3 Å². The van der Waals surface area contributed by atoms with E-state index in [0.29, 0.717) is 19.4 Å². The molecule has 3 rings (SSSR count). The van der Waals surface area contributed by atoms with Gasteiger partial charge >= 0.3 is 0 Å². The van der Waals surface area contributed by atoms with Gasteiger partial charge in [-0.15, -0.1) is 0 Å². The minimum atomic E-state index is -1.06. The lowest BCUT2D eigenvalue weighted by molar-refractivity contribution is -0.158. The Balaban J connectivity index is 2.02. The Morgan fingerprint density at radius 1 is 1.19 bits per heavy atom. The molecule has 1 heterocycles. The van der Waals surface area contributed by atoms with Crippen molar-refractivity contribution in [2.75, 3.05) is 19.6 Å². The van der Waals surface area contributed by atoms with Crippen LogP contribution >= 0.6 is 0 Å². The summed E-state index contributed by atoms with van der Waals surface area (Å²) in [7, 11) is 0. The maximum Gasteiger partial charge on any atom is 0.247 e. The smallest absolute Gasteiger partial charge is 0.247 e. The van der Waals surface area contributed by atoms with E-state index in [2.05, 4.69) is 10.6 Å². The number of fused-ring (bicyclic) bond motifs is 1. The Hall–Kier alpha value is -2.81. The van der Waals surface area contributed by atoms with Crippen LogP contribution in [0.2, 0.25) is 0 Å². The highest BCUT2D eigenvalue weighted by Gasteiger charge is 2.43. The molecule has 0 aliphatic carbocycles. The summed E-state index contributed by atoms with van der Waals surface area (Å²) in [5.41, 5.74) is 5.53. The Bertz CT molecular complexity index is 1060. The van der Waals surface area contributed by atoms with E-state index in [9.17, 15) is 19.5 Å². The monoisotopic (exact) mass is 496 g/mol. The number of carbonyl (C=O) groups is 3. The number of benzene rings is 2. The van der Waals surface area contributed by atoms with E-state index in [0.717, 1.165) is 29.2 Å². The van der Waals surface area contributed by atoms with Gasteiger partial charge < -0.3 is 21.5 Å². The van der Waals surface area contributed by atoms with Gasteiger partial charge in [-0.1, -0.05) is 69.7 Å². The normalized spacial score (nSPS) is 17.5. The molecule has 1 aliphatic rings.